The van der Waals surface area contributed by atoms with E-state index in [4.69, 9.17) is 0 Å². The molecule has 134 valence electrons. The van der Waals surface area contributed by atoms with Crippen LogP contribution in [0.2, 0.25) is 0 Å². The number of likely N-dealkylation sites (N-methyl/N-ethyl adjacent to an activating group) is 1. The number of hydrogen-bond acceptors (Lipinski definition) is 3. The number of carbonyl (C=O) groups is 1. The zero-order valence-corrected chi connectivity index (χ0v) is 14.0. The minimum Gasteiger partial charge on any atom is -0.384 e. The van der Waals surface area contributed by atoms with Crippen LogP contribution >= 0.6 is 0 Å². The van der Waals surface area contributed by atoms with Crippen molar-refractivity contribution >= 4 is 17.3 Å². The van der Waals surface area contributed by atoms with E-state index < -0.39 is 17.6 Å². The average molecular weight is 351 g/mol. The van der Waals surface area contributed by atoms with E-state index in [9.17, 15) is 18.0 Å². The van der Waals surface area contributed by atoms with Gasteiger partial charge < -0.3 is 15.5 Å². The molecular weight excluding hydrogens is 331 g/mol. The third kappa shape index (κ3) is 5.79. The Morgan fingerprint density at radius 2 is 1.52 bits per heavy atom. The van der Waals surface area contributed by atoms with Gasteiger partial charge in [-0.25, -0.2) is 0 Å². The number of rotatable bonds is 6. The van der Waals surface area contributed by atoms with Crippen LogP contribution in [0.1, 0.15) is 15.9 Å². The maximum Gasteiger partial charge on any atom is 0.416 e. The number of carbonyl (C=O) groups excluding carboxylic acids is 1. The Morgan fingerprint density at radius 3 is 2.04 bits per heavy atom. The summed E-state index contributed by atoms with van der Waals surface area (Å²) in [5.41, 5.74) is 0.885. The second-order valence-corrected chi connectivity index (χ2v) is 5.84. The zero-order valence-electron chi connectivity index (χ0n) is 14.0. The number of nitrogens with zero attached hydrogens (tertiary/aromatic N) is 1. The highest BCUT2D eigenvalue weighted by Crippen LogP contribution is 2.29. The summed E-state index contributed by atoms with van der Waals surface area (Å²) in [5, 5.41) is 5.91. The van der Waals surface area contributed by atoms with E-state index in [1.807, 2.05) is 26.2 Å². The lowest BCUT2D eigenvalue weighted by molar-refractivity contribution is -0.137. The fourth-order valence-electron chi connectivity index (χ4n) is 2.11. The van der Waals surface area contributed by atoms with Gasteiger partial charge in [0.05, 0.1) is 5.56 Å². The molecule has 0 aliphatic carbocycles. The summed E-state index contributed by atoms with van der Waals surface area (Å²) in [4.78, 5) is 14.2. The van der Waals surface area contributed by atoms with Crippen LogP contribution in [0, 0.1) is 0 Å². The van der Waals surface area contributed by atoms with E-state index in [1.54, 1.807) is 12.1 Å². The van der Waals surface area contributed by atoms with Crippen LogP contribution < -0.4 is 10.6 Å². The highest BCUT2D eigenvalue weighted by molar-refractivity contribution is 6.04. The molecule has 0 saturated carbocycles. The van der Waals surface area contributed by atoms with Gasteiger partial charge in [0.15, 0.2) is 0 Å². The molecule has 0 aliphatic rings. The highest BCUT2D eigenvalue weighted by Gasteiger charge is 2.30. The first-order chi connectivity index (χ1) is 11.8. The number of benzene rings is 2. The topological polar surface area (TPSA) is 44.4 Å². The van der Waals surface area contributed by atoms with Crippen LogP contribution in [0.15, 0.2) is 48.5 Å². The van der Waals surface area contributed by atoms with Crippen LogP contribution in [0.3, 0.4) is 0 Å². The number of anilines is 2. The Kier molecular flexibility index (Phi) is 6.03. The Hall–Kier alpha value is -2.54. The van der Waals surface area contributed by atoms with Gasteiger partial charge in [0.1, 0.15) is 0 Å². The third-order valence-corrected chi connectivity index (χ3v) is 3.51. The molecule has 0 saturated heterocycles. The molecule has 0 spiro atoms. The molecule has 0 aliphatic heterocycles. The zero-order chi connectivity index (χ0) is 18.4. The van der Waals surface area contributed by atoms with Crippen LogP contribution in [0.5, 0.6) is 0 Å². The van der Waals surface area contributed by atoms with E-state index in [0.717, 1.165) is 43.0 Å². The van der Waals surface area contributed by atoms with Gasteiger partial charge in [-0.1, -0.05) is 0 Å². The first kappa shape index (κ1) is 18.8. The second kappa shape index (κ2) is 8.02. The van der Waals surface area contributed by atoms with Crippen molar-refractivity contribution in [2.24, 2.45) is 0 Å². The van der Waals surface area contributed by atoms with Gasteiger partial charge in [0, 0.05) is 30.0 Å². The first-order valence-electron chi connectivity index (χ1n) is 7.73. The molecule has 0 bridgehead atoms. The van der Waals surface area contributed by atoms with Crippen molar-refractivity contribution in [3.8, 4) is 0 Å². The van der Waals surface area contributed by atoms with Gasteiger partial charge in [-0.2, -0.15) is 13.2 Å². The predicted octanol–water partition coefficient (Wildman–Crippen LogP) is 3.93. The molecule has 0 fully saturated rings. The first-order valence-corrected chi connectivity index (χ1v) is 7.73. The maximum atomic E-state index is 12.5. The van der Waals surface area contributed by atoms with Gasteiger partial charge in [-0.3, -0.25) is 4.79 Å². The molecule has 7 heteroatoms. The number of nitrogens with one attached hydrogen (secondary N) is 2. The molecule has 25 heavy (non-hydrogen) atoms. The molecular formula is C18H20F3N3O. The van der Waals surface area contributed by atoms with Crippen LogP contribution in [-0.4, -0.2) is 38.0 Å². The summed E-state index contributed by atoms with van der Waals surface area (Å²) in [6, 6.07) is 11.3. The normalized spacial score (nSPS) is 11.4. The predicted molar refractivity (Wildman–Crippen MR) is 92.9 cm³/mol. The maximum absolute atomic E-state index is 12.5. The number of halogens is 3. The molecule has 4 nitrogen and oxygen atoms in total. The highest BCUT2D eigenvalue weighted by atomic mass is 19.4. The summed E-state index contributed by atoms with van der Waals surface area (Å²) in [6.07, 6.45) is -4.41. The largest absolute Gasteiger partial charge is 0.416 e. The van der Waals surface area contributed by atoms with Crippen molar-refractivity contribution in [2.75, 3.05) is 37.8 Å². The molecule has 0 heterocycles. The minimum absolute atomic E-state index is 0.168. The molecule has 2 aromatic rings. The lowest BCUT2D eigenvalue weighted by atomic mass is 10.1. The molecule has 0 aromatic heterocycles. The lowest BCUT2D eigenvalue weighted by Gasteiger charge is -2.12. The van der Waals surface area contributed by atoms with Gasteiger partial charge in [0.25, 0.3) is 5.91 Å². The van der Waals surface area contributed by atoms with Gasteiger partial charge >= 0.3 is 6.18 Å². The summed E-state index contributed by atoms with van der Waals surface area (Å²) < 4.78 is 37.6. The van der Waals surface area contributed by atoms with Crippen molar-refractivity contribution in [3.05, 3.63) is 59.7 Å². The second-order valence-electron chi connectivity index (χ2n) is 5.84. The summed E-state index contributed by atoms with van der Waals surface area (Å²) >= 11 is 0. The minimum atomic E-state index is -4.41. The molecule has 2 aromatic carbocycles. The van der Waals surface area contributed by atoms with Gasteiger partial charge in [-0.15, -0.1) is 0 Å². The Morgan fingerprint density at radius 1 is 0.960 bits per heavy atom. The third-order valence-electron chi connectivity index (χ3n) is 3.51. The average Bonchev–Trinajstić information content (AvgIpc) is 2.55. The molecule has 1 amide bonds. The summed E-state index contributed by atoms with van der Waals surface area (Å²) in [6.45, 7) is 1.69. The van der Waals surface area contributed by atoms with Crippen molar-refractivity contribution in [1.29, 1.82) is 0 Å². The van der Waals surface area contributed by atoms with Crippen molar-refractivity contribution in [3.63, 3.8) is 0 Å². The van der Waals surface area contributed by atoms with Crippen molar-refractivity contribution in [1.82, 2.24) is 4.90 Å². The number of amides is 1. The van der Waals surface area contributed by atoms with Crippen LogP contribution in [-0.2, 0) is 6.18 Å². The monoisotopic (exact) mass is 351 g/mol. The Balaban J connectivity index is 1.94. The SMILES string of the molecule is CN(C)CCNc1ccc(NC(=O)c2ccc(C(F)(F)F)cc2)cc1. The number of hydrogen-bond donors (Lipinski definition) is 2. The van der Waals surface area contributed by atoms with E-state index in [0.29, 0.717) is 5.69 Å². The van der Waals surface area contributed by atoms with E-state index in [1.165, 1.54) is 0 Å². The number of alkyl halides is 3. The molecule has 0 radical (unpaired) electrons. The van der Waals surface area contributed by atoms with Crippen molar-refractivity contribution in [2.45, 2.75) is 6.18 Å². The fourth-order valence-corrected chi connectivity index (χ4v) is 2.11. The molecule has 0 unspecified atom stereocenters. The molecule has 0 atom stereocenters. The van der Waals surface area contributed by atoms with Crippen LogP contribution in [0.25, 0.3) is 0 Å². The lowest BCUT2D eigenvalue weighted by Crippen LogP contribution is -2.20. The molecule has 2 N–H and O–H groups in total. The van der Waals surface area contributed by atoms with E-state index in [-0.39, 0.29) is 5.56 Å². The fraction of sp³-hybridized carbons (Fsp3) is 0.278. The van der Waals surface area contributed by atoms with Gasteiger partial charge in [-0.05, 0) is 62.6 Å². The van der Waals surface area contributed by atoms with Gasteiger partial charge in [0.2, 0.25) is 0 Å². The smallest absolute Gasteiger partial charge is 0.384 e. The summed E-state index contributed by atoms with van der Waals surface area (Å²) in [7, 11) is 3.98. The Labute approximate surface area is 144 Å². The Bertz CT molecular complexity index is 695. The quantitative estimate of drug-likeness (QED) is 0.829. The van der Waals surface area contributed by atoms with Crippen LogP contribution in [0.4, 0.5) is 24.5 Å². The standard InChI is InChI=1S/C18H20F3N3O/c1-24(2)12-11-22-15-7-9-16(10-8-15)23-17(25)13-3-5-14(6-4-13)18(19,20)21/h3-10,22H,11-12H2,1-2H3,(H,23,25). The summed E-state index contributed by atoms with van der Waals surface area (Å²) in [5.74, 6) is -0.456. The van der Waals surface area contributed by atoms with E-state index in [2.05, 4.69) is 15.5 Å². The van der Waals surface area contributed by atoms with Crippen molar-refractivity contribution < 1.29 is 18.0 Å². The van der Waals surface area contributed by atoms with E-state index >= 15 is 0 Å². The molecule has 2 rings (SSSR count).